The zero-order chi connectivity index (χ0) is 16.6. The summed E-state index contributed by atoms with van der Waals surface area (Å²) in [4.78, 5) is 9.96. The number of aromatic nitrogens is 2. The maximum atomic E-state index is 6.10. The van der Waals surface area contributed by atoms with Crippen molar-refractivity contribution in [1.82, 2.24) is 9.97 Å². The number of fused-ring (bicyclic) bond motifs is 1. The van der Waals surface area contributed by atoms with E-state index >= 15 is 0 Å². The molecule has 3 N–H and O–H groups in total. The van der Waals surface area contributed by atoms with Crippen LogP contribution >= 0.6 is 47.8 Å². The number of rotatable bonds is 5. The van der Waals surface area contributed by atoms with Crippen LogP contribution in [0.2, 0.25) is 5.28 Å². The van der Waals surface area contributed by atoms with Crippen LogP contribution in [0, 0.1) is 13.8 Å². The first kappa shape index (κ1) is 22.0. The third-order valence-electron chi connectivity index (χ3n) is 3.73. The van der Waals surface area contributed by atoms with Crippen LogP contribution in [0.5, 0.6) is 0 Å². The van der Waals surface area contributed by atoms with E-state index in [0.717, 1.165) is 39.3 Å². The molecule has 0 bridgehead atoms. The maximum absolute atomic E-state index is 6.10. The predicted molar refractivity (Wildman–Crippen MR) is 110 cm³/mol. The number of nitrogens with two attached hydrogens (primary N) is 1. The van der Waals surface area contributed by atoms with Crippen LogP contribution < -0.4 is 11.1 Å². The lowest BCUT2D eigenvalue weighted by Crippen LogP contribution is -2.17. The summed E-state index contributed by atoms with van der Waals surface area (Å²) in [6.07, 6.45) is 2.51. The van der Waals surface area contributed by atoms with Gasteiger partial charge in [0.15, 0.2) is 0 Å². The topological polar surface area (TPSA) is 77.0 Å². The molecule has 0 saturated carbocycles. The summed E-state index contributed by atoms with van der Waals surface area (Å²) in [5, 5.41) is 3.56. The number of thiophene rings is 1. The van der Waals surface area contributed by atoms with Crippen molar-refractivity contribution < 1.29 is 4.42 Å². The van der Waals surface area contributed by atoms with Gasteiger partial charge in [-0.3, -0.25) is 0 Å². The van der Waals surface area contributed by atoms with Crippen molar-refractivity contribution in [3.63, 3.8) is 0 Å². The first-order valence-corrected chi connectivity index (χ1v) is 8.63. The van der Waals surface area contributed by atoms with Gasteiger partial charge in [0, 0.05) is 10.9 Å². The Morgan fingerprint density at radius 2 is 2.04 bits per heavy atom. The Balaban J connectivity index is 0.00000156. The minimum absolute atomic E-state index is 0. The van der Waals surface area contributed by atoms with E-state index in [1.165, 1.54) is 4.88 Å². The zero-order valence-corrected chi connectivity index (χ0v) is 17.3. The fraction of sp³-hybridized carbons (Fsp3) is 0.375. The molecule has 5 nitrogen and oxygen atoms in total. The molecule has 3 rings (SSSR count). The largest absolute Gasteiger partial charge is 0.467 e. The van der Waals surface area contributed by atoms with E-state index in [1.54, 1.807) is 17.6 Å². The van der Waals surface area contributed by atoms with Crippen molar-refractivity contribution in [3.05, 3.63) is 39.4 Å². The SMILES string of the molecule is Cc1ccoc1CNc1nc(Cl)nc2c(C)c(CC(C)N)sc12.Cl.Cl. The molecule has 1 unspecified atom stereocenters. The van der Waals surface area contributed by atoms with Crippen LogP contribution in [0.15, 0.2) is 16.7 Å². The zero-order valence-electron chi connectivity index (χ0n) is 14.1. The molecule has 3 aromatic heterocycles. The molecule has 0 amide bonds. The van der Waals surface area contributed by atoms with E-state index in [4.69, 9.17) is 21.8 Å². The number of hydrogen-bond acceptors (Lipinski definition) is 6. The third kappa shape index (κ3) is 4.77. The molecule has 0 aliphatic rings. The normalized spacial score (nSPS) is 11.7. The molecule has 0 radical (unpaired) electrons. The Kier molecular flexibility index (Phi) is 7.96. The highest BCUT2D eigenvalue weighted by atomic mass is 35.5. The molecule has 0 aromatic carbocycles. The average Bonchev–Trinajstić information content (AvgIpc) is 3.02. The monoisotopic (exact) mass is 422 g/mol. The van der Waals surface area contributed by atoms with Gasteiger partial charge in [0.2, 0.25) is 5.28 Å². The van der Waals surface area contributed by atoms with Gasteiger partial charge < -0.3 is 15.5 Å². The van der Waals surface area contributed by atoms with Gasteiger partial charge in [0.05, 0.1) is 23.0 Å². The van der Waals surface area contributed by atoms with E-state index in [9.17, 15) is 0 Å². The molecular formula is C16H21Cl3N4OS. The van der Waals surface area contributed by atoms with Crippen molar-refractivity contribution in [3.8, 4) is 0 Å². The Labute approximate surface area is 168 Å². The molecule has 9 heteroatoms. The minimum Gasteiger partial charge on any atom is -0.467 e. The van der Waals surface area contributed by atoms with Gasteiger partial charge in [-0.05, 0) is 56.0 Å². The first-order chi connectivity index (χ1) is 11.0. The molecule has 0 aliphatic heterocycles. The smallest absolute Gasteiger partial charge is 0.224 e. The number of nitrogens with zero attached hydrogens (tertiary/aromatic N) is 2. The Morgan fingerprint density at radius 3 is 2.64 bits per heavy atom. The lowest BCUT2D eigenvalue weighted by atomic mass is 10.1. The summed E-state index contributed by atoms with van der Waals surface area (Å²) >= 11 is 7.77. The van der Waals surface area contributed by atoms with Crippen LogP contribution in [0.3, 0.4) is 0 Å². The van der Waals surface area contributed by atoms with Crippen molar-refractivity contribution in [2.45, 2.75) is 39.8 Å². The van der Waals surface area contributed by atoms with Crippen molar-refractivity contribution >= 4 is 63.8 Å². The summed E-state index contributed by atoms with van der Waals surface area (Å²) in [6.45, 7) is 6.63. The van der Waals surface area contributed by atoms with E-state index in [2.05, 4.69) is 22.2 Å². The molecule has 25 heavy (non-hydrogen) atoms. The molecule has 0 fully saturated rings. The number of furan rings is 1. The lowest BCUT2D eigenvalue weighted by Gasteiger charge is -2.06. The number of halogens is 3. The first-order valence-electron chi connectivity index (χ1n) is 7.43. The summed E-state index contributed by atoms with van der Waals surface area (Å²) < 4.78 is 6.46. The van der Waals surface area contributed by atoms with Gasteiger partial charge in [-0.25, -0.2) is 4.98 Å². The van der Waals surface area contributed by atoms with Crippen LogP contribution in [0.4, 0.5) is 5.82 Å². The molecule has 1 atom stereocenters. The quantitative estimate of drug-likeness (QED) is 0.571. The second kappa shape index (κ2) is 9.05. The second-order valence-electron chi connectivity index (χ2n) is 5.73. The number of aryl methyl sites for hydroxylation is 2. The highest BCUT2D eigenvalue weighted by Gasteiger charge is 2.16. The predicted octanol–water partition coefficient (Wildman–Crippen LogP) is 4.90. The van der Waals surface area contributed by atoms with Crippen molar-refractivity contribution in [2.24, 2.45) is 5.73 Å². The second-order valence-corrected chi connectivity index (χ2v) is 7.17. The van der Waals surface area contributed by atoms with Gasteiger partial charge in [-0.2, -0.15) is 4.98 Å². The van der Waals surface area contributed by atoms with Gasteiger partial charge in [0.25, 0.3) is 0 Å². The van der Waals surface area contributed by atoms with Crippen LogP contribution in [-0.4, -0.2) is 16.0 Å². The van der Waals surface area contributed by atoms with Gasteiger partial charge in [0.1, 0.15) is 11.6 Å². The van der Waals surface area contributed by atoms with E-state index < -0.39 is 0 Å². The van der Waals surface area contributed by atoms with Gasteiger partial charge >= 0.3 is 0 Å². The molecule has 3 aromatic rings. The maximum Gasteiger partial charge on any atom is 0.224 e. The summed E-state index contributed by atoms with van der Waals surface area (Å²) in [5.74, 6) is 1.62. The number of nitrogens with one attached hydrogen (secondary N) is 1. The summed E-state index contributed by atoms with van der Waals surface area (Å²) in [6, 6.07) is 2.04. The van der Waals surface area contributed by atoms with Crippen LogP contribution in [0.1, 0.15) is 28.7 Å². The molecule has 0 saturated heterocycles. The molecule has 3 heterocycles. The molecule has 0 aliphatic carbocycles. The van der Waals surface area contributed by atoms with E-state index in [-0.39, 0.29) is 36.1 Å². The molecular weight excluding hydrogens is 403 g/mol. The Bertz CT molecular complexity index is 847. The molecule has 0 spiro atoms. The average molecular weight is 424 g/mol. The number of hydrogen-bond donors (Lipinski definition) is 2. The van der Waals surface area contributed by atoms with Crippen molar-refractivity contribution in [2.75, 3.05) is 5.32 Å². The molecule has 138 valence electrons. The van der Waals surface area contributed by atoms with Crippen molar-refractivity contribution in [1.29, 1.82) is 0 Å². The van der Waals surface area contributed by atoms with E-state index in [0.29, 0.717) is 6.54 Å². The summed E-state index contributed by atoms with van der Waals surface area (Å²) in [5.41, 5.74) is 9.07. The Morgan fingerprint density at radius 1 is 1.32 bits per heavy atom. The fourth-order valence-electron chi connectivity index (χ4n) is 2.46. The Hall–Kier alpha value is -1.05. The van der Waals surface area contributed by atoms with Gasteiger partial charge in [-0.15, -0.1) is 36.2 Å². The lowest BCUT2D eigenvalue weighted by molar-refractivity contribution is 0.515. The standard InChI is InChI=1S/C16H19ClN4OS.2ClH/c1-8-4-5-22-11(8)7-19-15-14-13(20-16(17)21-15)10(3)12(23-14)6-9(2)18;;/h4-5,9H,6-7,18H2,1-3H3,(H,19,20,21);2*1H. The van der Waals surface area contributed by atoms with E-state index in [1.807, 2.05) is 19.9 Å². The fourth-order valence-corrected chi connectivity index (χ4v) is 3.98. The third-order valence-corrected chi connectivity index (χ3v) is 5.21. The highest BCUT2D eigenvalue weighted by Crippen LogP contribution is 2.35. The van der Waals surface area contributed by atoms with Gasteiger partial charge in [-0.1, -0.05) is 0 Å². The van der Waals surface area contributed by atoms with Crippen LogP contribution in [-0.2, 0) is 13.0 Å². The number of anilines is 1. The summed E-state index contributed by atoms with van der Waals surface area (Å²) in [7, 11) is 0. The minimum atomic E-state index is 0. The highest BCUT2D eigenvalue weighted by molar-refractivity contribution is 7.19. The van der Waals surface area contributed by atoms with Crippen LogP contribution in [0.25, 0.3) is 10.2 Å².